The lowest BCUT2D eigenvalue weighted by molar-refractivity contribution is -0.137. The van der Waals surface area contributed by atoms with Crippen LogP contribution in [0.3, 0.4) is 0 Å². The van der Waals surface area contributed by atoms with Crippen LogP contribution in [0.4, 0.5) is 0 Å². The minimum atomic E-state index is -3.62. The zero-order chi connectivity index (χ0) is 14.2. The van der Waals surface area contributed by atoms with Gasteiger partial charge in [0.2, 0.25) is 15.9 Å². The number of carbonyl (C=O) groups excluding carboxylic acids is 1. The molecule has 0 aliphatic rings. The quantitative estimate of drug-likeness (QED) is 0.536. The second kappa shape index (κ2) is 8.04. The van der Waals surface area contributed by atoms with Crippen molar-refractivity contribution in [1.82, 2.24) is 10.0 Å². The predicted molar refractivity (Wildman–Crippen MR) is 66.6 cm³/mol. The van der Waals surface area contributed by atoms with E-state index in [-0.39, 0.29) is 18.6 Å². The third-order valence-electron chi connectivity index (χ3n) is 2.10. The molecule has 0 fully saturated rings. The van der Waals surface area contributed by atoms with Crippen molar-refractivity contribution < 1.29 is 23.1 Å². The zero-order valence-electron chi connectivity index (χ0n) is 10.6. The van der Waals surface area contributed by atoms with Gasteiger partial charge in [0.05, 0.1) is 11.8 Å². The summed E-state index contributed by atoms with van der Waals surface area (Å²) in [6, 6.07) is -0.855. The highest BCUT2D eigenvalue weighted by molar-refractivity contribution is 7.89. The Kier molecular flexibility index (Phi) is 7.53. The van der Waals surface area contributed by atoms with Crippen LogP contribution in [0.25, 0.3) is 0 Å². The molecule has 0 radical (unpaired) electrons. The van der Waals surface area contributed by atoms with Gasteiger partial charge in [-0.15, -0.1) is 0 Å². The molecular formula is C10H20N2O5S. The number of rotatable bonds is 9. The molecule has 0 spiro atoms. The van der Waals surface area contributed by atoms with E-state index >= 15 is 0 Å². The standard InChI is InChI=1S/C10H20N2O5S/c1-3-6-11-10(15)8(2)12-18(16,17)7-4-5-9(13)14/h8,12H,3-7H2,1-2H3,(H,11,15)(H,13,14). The summed E-state index contributed by atoms with van der Waals surface area (Å²) >= 11 is 0. The lowest BCUT2D eigenvalue weighted by Gasteiger charge is -2.13. The summed E-state index contributed by atoms with van der Waals surface area (Å²) in [5.41, 5.74) is 0. The lowest BCUT2D eigenvalue weighted by Crippen LogP contribution is -2.45. The van der Waals surface area contributed by atoms with E-state index in [0.29, 0.717) is 6.54 Å². The van der Waals surface area contributed by atoms with E-state index in [4.69, 9.17) is 5.11 Å². The Labute approximate surface area is 107 Å². The van der Waals surface area contributed by atoms with Crippen LogP contribution in [0.15, 0.2) is 0 Å². The molecule has 0 heterocycles. The average Bonchev–Trinajstić information content (AvgIpc) is 2.24. The molecule has 1 atom stereocenters. The Hall–Kier alpha value is -1.15. The minimum Gasteiger partial charge on any atom is -0.481 e. The Morgan fingerprint density at radius 3 is 2.44 bits per heavy atom. The summed E-state index contributed by atoms with van der Waals surface area (Å²) in [5, 5.41) is 11.0. The molecule has 1 unspecified atom stereocenters. The second-order valence-electron chi connectivity index (χ2n) is 3.95. The van der Waals surface area contributed by atoms with E-state index in [1.54, 1.807) is 0 Å². The Balaban J connectivity index is 4.14. The van der Waals surface area contributed by atoms with E-state index in [2.05, 4.69) is 10.0 Å². The molecule has 0 aliphatic carbocycles. The predicted octanol–water partition coefficient (Wildman–Crippen LogP) is -0.315. The van der Waals surface area contributed by atoms with Crippen molar-refractivity contribution in [3.63, 3.8) is 0 Å². The van der Waals surface area contributed by atoms with Crippen molar-refractivity contribution in [2.24, 2.45) is 0 Å². The Morgan fingerprint density at radius 2 is 1.94 bits per heavy atom. The third-order valence-corrected chi connectivity index (χ3v) is 3.64. The molecule has 0 aliphatic heterocycles. The summed E-state index contributed by atoms with van der Waals surface area (Å²) < 4.78 is 25.2. The molecule has 106 valence electrons. The topological polar surface area (TPSA) is 113 Å². The first-order chi connectivity index (χ1) is 8.28. The highest BCUT2D eigenvalue weighted by Crippen LogP contribution is 1.97. The van der Waals surface area contributed by atoms with Crippen LogP contribution in [0.2, 0.25) is 0 Å². The van der Waals surface area contributed by atoms with Gasteiger partial charge in [0.1, 0.15) is 0 Å². The van der Waals surface area contributed by atoms with Gasteiger partial charge >= 0.3 is 5.97 Å². The number of carbonyl (C=O) groups is 2. The number of hydrogen-bond acceptors (Lipinski definition) is 4. The summed E-state index contributed by atoms with van der Waals surface area (Å²) in [4.78, 5) is 21.7. The SMILES string of the molecule is CCCNC(=O)C(C)NS(=O)(=O)CCCC(=O)O. The van der Waals surface area contributed by atoms with Crippen LogP contribution < -0.4 is 10.0 Å². The molecule has 8 heteroatoms. The highest BCUT2D eigenvalue weighted by atomic mass is 32.2. The van der Waals surface area contributed by atoms with Crippen LogP contribution >= 0.6 is 0 Å². The van der Waals surface area contributed by atoms with Gasteiger partial charge < -0.3 is 10.4 Å². The van der Waals surface area contributed by atoms with Crippen molar-refractivity contribution >= 4 is 21.9 Å². The van der Waals surface area contributed by atoms with Gasteiger partial charge in [-0.2, -0.15) is 0 Å². The van der Waals surface area contributed by atoms with Crippen LogP contribution in [-0.2, 0) is 19.6 Å². The molecule has 0 rings (SSSR count). The first-order valence-corrected chi connectivity index (χ1v) is 7.43. The number of amides is 1. The molecule has 1 amide bonds. The first kappa shape index (κ1) is 16.9. The molecular weight excluding hydrogens is 260 g/mol. The highest BCUT2D eigenvalue weighted by Gasteiger charge is 2.19. The Morgan fingerprint density at radius 1 is 1.33 bits per heavy atom. The molecule has 0 bridgehead atoms. The smallest absolute Gasteiger partial charge is 0.303 e. The van der Waals surface area contributed by atoms with Gasteiger partial charge in [0, 0.05) is 13.0 Å². The minimum absolute atomic E-state index is 0.0218. The van der Waals surface area contributed by atoms with Gasteiger partial charge in [-0.1, -0.05) is 6.92 Å². The fraction of sp³-hybridized carbons (Fsp3) is 0.800. The lowest BCUT2D eigenvalue weighted by atomic mass is 10.3. The van der Waals surface area contributed by atoms with Crippen molar-refractivity contribution in [1.29, 1.82) is 0 Å². The first-order valence-electron chi connectivity index (χ1n) is 5.78. The van der Waals surface area contributed by atoms with Crippen LogP contribution in [-0.4, -0.2) is 43.7 Å². The Bertz CT molecular complexity index is 380. The number of nitrogens with one attached hydrogen (secondary N) is 2. The van der Waals surface area contributed by atoms with E-state index in [0.717, 1.165) is 6.42 Å². The van der Waals surface area contributed by atoms with E-state index in [1.165, 1.54) is 6.92 Å². The fourth-order valence-electron chi connectivity index (χ4n) is 1.20. The maximum Gasteiger partial charge on any atom is 0.303 e. The number of carboxylic acid groups (broad SMARTS) is 1. The van der Waals surface area contributed by atoms with Gasteiger partial charge in [-0.3, -0.25) is 9.59 Å². The molecule has 0 aromatic carbocycles. The normalized spacial score (nSPS) is 13.0. The molecule has 0 saturated carbocycles. The summed E-state index contributed by atoms with van der Waals surface area (Å²) in [7, 11) is -3.62. The monoisotopic (exact) mass is 280 g/mol. The van der Waals surface area contributed by atoms with Crippen LogP contribution in [0.5, 0.6) is 0 Å². The van der Waals surface area contributed by atoms with Gasteiger partial charge in [0.25, 0.3) is 0 Å². The van der Waals surface area contributed by atoms with Crippen molar-refractivity contribution in [3.05, 3.63) is 0 Å². The molecule has 18 heavy (non-hydrogen) atoms. The zero-order valence-corrected chi connectivity index (χ0v) is 11.4. The van der Waals surface area contributed by atoms with Crippen LogP contribution in [0, 0.1) is 0 Å². The molecule has 3 N–H and O–H groups in total. The third kappa shape index (κ3) is 8.02. The van der Waals surface area contributed by atoms with E-state index in [1.807, 2.05) is 6.92 Å². The largest absolute Gasteiger partial charge is 0.481 e. The number of sulfonamides is 1. The van der Waals surface area contributed by atoms with Gasteiger partial charge in [-0.25, -0.2) is 13.1 Å². The fourth-order valence-corrected chi connectivity index (χ4v) is 2.48. The number of carboxylic acids is 1. The average molecular weight is 280 g/mol. The maximum absolute atomic E-state index is 11.5. The van der Waals surface area contributed by atoms with Crippen molar-refractivity contribution in [2.75, 3.05) is 12.3 Å². The summed E-state index contributed by atoms with van der Waals surface area (Å²) in [6.07, 6.45) is 0.578. The number of hydrogen-bond donors (Lipinski definition) is 3. The molecule has 0 aromatic rings. The van der Waals surface area contributed by atoms with Gasteiger partial charge in [0.15, 0.2) is 0 Å². The van der Waals surface area contributed by atoms with Crippen molar-refractivity contribution in [3.8, 4) is 0 Å². The second-order valence-corrected chi connectivity index (χ2v) is 5.82. The number of aliphatic carboxylic acids is 1. The van der Waals surface area contributed by atoms with Crippen molar-refractivity contribution in [2.45, 2.75) is 39.2 Å². The van der Waals surface area contributed by atoms with Gasteiger partial charge in [-0.05, 0) is 19.8 Å². The molecule has 7 nitrogen and oxygen atoms in total. The molecule has 0 aromatic heterocycles. The van der Waals surface area contributed by atoms with Crippen LogP contribution in [0.1, 0.15) is 33.1 Å². The maximum atomic E-state index is 11.5. The van der Waals surface area contributed by atoms with E-state index < -0.39 is 27.9 Å². The molecule has 0 saturated heterocycles. The van der Waals surface area contributed by atoms with E-state index in [9.17, 15) is 18.0 Å². The summed E-state index contributed by atoms with van der Waals surface area (Å²) in [5.74, 6) is -1.73. The summed E-state index contributed by atoms with van der Waals surface area (Å²) in [6.45, 7) is 3.82.